The third kappa shape index (κ3) is 4.10. The van der Waals surface area contributed by atoms with Crippen molar-refractivity contribution in [2.45, 2.75) is 63.7 Å². The number of carbonyl (C=O) groups is 1. The Morgan fingerprint density at radius 2 is 1.75 bits per heavy atom. The van der Waals surface area contributed by atoms with Crippen LogP contribution in [-0.2, 0) is 0 Å². The molecule has 1 unspecified atom stereocenters. The molecule has 36 heavy (non-hydrogen) atoms. The van der Waals surface area contributed by atoms with Crippen LogP contribution in [0, 0.1) is 0 Å². The van der Waals surface area contributed by atoms with Crippen molar-refractivity contribution in [3.63, 3.8) is 0 Å². The molecule has 0 bridgehead atoms. The highest BCUT2D eigenvalue weighted by Gasteiger charge is 2.47. The van der Waals surface area contributed by atoms with E-state index in [-0.39, 0.29) is 36.1 Å². The Kier molecular flexibility index (Phi) is 6.61. The van der Waals surface area contributed by atoms with E-state index in [1.807, 2.05) is 29.2 Å². The van der Waals surface area contributed by atoms with Gasteiger partial charge < -0.3 is 24.7 Å². The summed E-state index contributed by atoms with van der Waals surface area (Å²) in [5.74, 6) is 0.854. The summed E-state index contributed by atoms with van der Waals surface area (Å²) < 4.78 is 12.8. The van der Waals surface area contributed by atoms with E-state index in [4.69, 9.17) is 31.8 Å². The van der Waals surface area contributed by atoms with Crippen LogP contribution in [0.25, 0.3) is 11.4 Å². The molecule has 2 N–H and O–H groups in total. The van der Waals surface area contributed by atoms with Crippen molar-refractivity contribution in [2.24, 2.45) is 5.73 Å². The van der Waals surface area contributed by atoms with Crippen LogP contribution in [-0.4, -0.2) is 56.6 Å². The number of methoxy groups -OCH3 is 2. The molecule has 2 aromatic heterocycles. The Labute approximate surface area is 215 Å². The van der Waals surface area contributed by atoms with Gasteiger partial charge in [-0.05, 0) is 57.2 Å². The van der Waals surface area contributed by atoms with E-state index in [1.54, 1.807) is 13.3 Å². The largest absolute Gasteiger partial charge is 0.480 e. The van der Waals surface area contributed by atoms with Gasteiger partial charge in [-0.25, -0.2) is 9.97 Å². The molecule has 2 aliphatic rings. The van der Waals surface area contributed by atoms with E-state index in [0.29, 0.717) is 28.0 Å². The number of imidazole rings is 1. The standard InChI is InChI=1S/C26H31ClN6O3/c1-14(2)32-22-20(30-23(32)19-13-29-26(36-4)31-24(19)35-3)25(34)33(18-11-9-17(28)10-12-18)21(22)15-5-7-16(27)8-6-15/h5-8,13-14,17-18,21H,9-12,28H2,1-4H3/t17-,18-,21?. The number of rotatable bonds is 6. The van der Waals surface area contributed by atoms with Crippen LogP contribution in [0.3, 0.4) is 0 Å². The van der Waals surface area contributed by atoms with Gasteiger partial charge in [0.05, 0.1) is 25.5 Å². The number of carbonyl (C=O) groups excluding carboxylic acids is 1. The maximum atomic E-state index is 14.0. The molecular formula is C26H31ClN6O3. The first-order valence-corrected chi connectivity index (χ1v) is 12.6. The highest BCUT2D eigenvalue weighted by Crippen LogP contribution is 2.46. The van der Waals surface area contributed by atoms with Crippen molar-refractivity contribution in [1.82, 2.24) is 24.4 Å². The van der Waals surface area contributed by atoms with Gasteiger partial charge in [0.2, 0.25) is 5.88 Å². The van der Waals surface area contributed by atoms with Crippen LogP contribution < -0.4 is 15.2 Å². The fourth-order valence-corrected chi connectivity index (χ4v) is 5.55. The van der Waals surface area contributed by atoms with E-state index in [1.165, 1.54) is 7.11 Å². The van der Waals surface area contributed by atoms with E-state index < -0.39 is 0 Å². The molecule has 1 fully saturated rings. The van der Waals surface area contributed by atoms with Gasteiger partial charge in [-0.2, -0.15) is 4.98 Å². The van der Waals surface area contributed by atoms with Crippen molar-refractivity contribution in [1.29, 1.82) is 0 Å². The quantitative estimate of drug-likeness (QED) is 0.523. The maximum Gasteiger partial charge on any atom is 0.319 e. The Morgan fingerprint density at radius 1 is 1.06 bits per heavy atom. The number of aromatic nitrogens is 4. The van der Waals surface area contributed by atoms with Crippen molar-refractivity contribution in [3.05, 3.63) is 52.4 Å². The van der Waals surface area contributed by atoms with Crippen molar-refractivity contribution < 1.29 is 14.3 Å². The third-order valence-electron chi connectivity index (χ3n) is 7.11. The molecule has 3 heterocycles. The van der Waals surface area contributed by atoms with Crippen molar-refractivity contribution in [3.8, 4) is 23.3 Å². The molecule has 1 atom stereocenters. The molecule has 1 aromatic carbocycles. The number of fused-ring (bicyclic) bond motifs is 1. The van der Waals surface area contributed by atoms with Crippen LogP contribution in [0.1, 0.15) is 73.4 Å². The Bertz CT molecular complexity index is 1270. The lowest BCUT2D eigenvalue weighted by molar-refractivity contribution is 0.0593. The van der Waals surface area contributed by atoms with Gasteiger partial charge in [-0.15, -0.1) is 0 Å². The van der Waals surface area contributed by atoms with Gasteiger partial charge in [0.15, 0.2) is 5.69 Å². The second kappa shape index (κ2) is 9.71. The number of ether oxygens (including phenoxy) is 2. The fourth-order valence-electron chi connectivity index (χ4n) is 5.43. The van der Waals surface area contributed by atoms with Gasteiger partial charge in [-0.3, -0.25) is 4.79 Å². The first-order chi connectivity index (χ1) is 17.3. The summed E-state index contributed by atoms with van der Waals surface area (Å²) in [5.41, 5.74) is 9.09. The number of benzene rings is 1. The second-order valence-electron chi connectivity index (χ2n) is 9.65. The molecule has 5 rings (SSSR count). The van der Waals surface area contributed by atoms with Crippen LogP contribution in [0.5, 0.6) is 11.9 Å². The SMILES string of the molecule is COc1ncc(-c2nc3c(n2C(C)C)C(c2ccc(Cl)cc2)N([C@H]2CC[C@H](N)CC2)C3=O)c(OC)n1. The summed E-state index contributed by atoms with van der Waals surface area (Å²) in [5, 5.41) is 0.650. The molecule has 0 saturated heterocycles. The van der Waals surface area contributed by atoms with E-state index in [9.17, 15) is 4.79 Å². The minimum Gasteiger partial charge on any atom is -0.480 e. The van der Waals surface area contributed by atoms with Crippen LogP contribution in [0.15, 0.2) is 30.5 Å². The number of nitrogens with two attached hydrogens (primary N) is 1. The summed E-state index contributed by atoms with van der Waals surface area (Å²) in [7, 11) is 3.04. The Balaban J connectivity index is 1.69. The number of hydrogen-bond acceptors (Lipinski definition) is 7. The molecular weight excluding hydrogens is 480 g/mol. The lowest BCUT2D eigenvalue weighted by atomic mass is 9.89. The van der Waals surface area contributed by atoms with Gasteiger partial charge >= 0.3 is 6.01 Å². The second-order valence-corrected chi connectivity index (χ2v) is 10.1. The average molecular weight is 511 g/mol. The summed E-state index contributed by atoms with van der Waals surface area (Å²) >= 11 is 6.22. The first kappa shape index (κ1) is 24.5. The lowest BCUT2D eigenvalue weighted by Crippen LogP contribution is -2.43. The topological polar surface area (TPSA) is 108 Å². The molecule has 1 aliphatic carbocycles. The monoisotopic (exact) mass is 510 g/mol. The number of hydrogen-bond donors (Lipinski definition) is 1. The molecule has 1 saturated carbocycles. The molecule has 190 valence electrons. The predicted molar refractivity (Wildman–Crippen MR) is 136 cm³/mol. The normalized spacial score (nSPS) is 21.7. The molecule has 0 radical (unpaired) electrons. The predicted octanol–water partition coefficient (Wildman–Crippen LogP) is 4.41. The van der Waals surface area contributed by atoms with Gasteiger partial charge in [-0.1, -0.05) is 23.7 Å². The average Bonchev–Trinajstić information content (AvgIpc) is 3.40. The lowest BCUT2D eigenvalue weighted by Gasteiger charge is -2.38. The van der Waals surface area contributed by atoms with E-state index in [2.05, 4.69) is 28.4 Å². The first-order valence-electron chi connectivity index (χ1n) is 12.2. The summed E-state index contributed by atoms with van der Waals surface area (Å²) in [6.07, 6.45) is 5.17. The highest BCUT2D eigenvalue weighted by atomic mass is 35.5. The molecule has 3 aromatic rings. The zero-order valence-electron chi connectivity index (χ0n) is 20.9. The van der Waals surface area contributed by atoms with Gasteiger partial charge in [0.1, 0.15) is 11.9 Å². The van der Waals surface area contributed by atoms with Crippen molar-refractivity contribution >= 4 is 17.5 Å². The zero-order chi connectivity index (χ0) is 25.6. The molecule has 10 heteroatoms. The van der Waals surface area contributed by atoms with Crippen molar-refractivity contribution in [2.75, 3.05) is 14.2 Å². The van der Waals surface area contributed by atoms with Crippen LogP contribution >= 0.6 is 11.6 Å². The molecule has 1 amide bonds. The summed E-state index contributed by atoms with van der Waals surface area (Å²) in [6, 6.07) is 7.90. The number of amides is 1. The third-order valence-corrected chi connectivity index (χ3v) is 7.36. The van der Waals surface area contributed by atoms with Gasteiger partial charge in [0.25, 0.3) is 5.91 Å². The Morgan fingerprint density at radius 3 is 2.36 bits per heavy atom. The van der Waals surface area contributed by atoms with E-state index >= 15 is 0 Å². The highest BCUT2D eigenvalue weighted by molar-refractivity contribution is 6.30. The minimum atomic E-state index is -0.294. The molecule has 1 aliphatic heterocycles. The molecule has 0 spiro atoms. The zero-order valence-corrected chi connectivity index (χ0v) is 21.7. The minimum absolute atomic E-state index is 0.00499. The molecule has 9 nitrogen and oxygen atoms in total. The summed E-state index contributed by atoms with van der Waals surface area (Å²) in [6.45, 7) is 4.15. The number of nitrogens with zero attached hydrogens (tertiary/aromatic N) is 5. The Hall–Kier alpha value is -3.17. The van der Waals surface area contributed by atoms with E-state index in [0.717, 1.165) is 36.9 Å². The van der Waals surface area contributed by atoms with Crippen LogP contribution in [0.2, 0.25) is 5.02 Å². The smallest absolute Gasteiger partial charge is 0.319 e. The number of halogens is 1. The summed E-state index contributed by atoms with van der Waals surface area (Å²) in [4.78, 5) is 29.5. The van der Waals surface area contributed by atoms with Crippen LogP contribution in [0.4, 0.5) is 0 Å². The van der Waals surface area contributed by atoms with Gasteiger partial charge in [0, 0.05) is 29.3 Å². The fraction of sp³-hybridized carbons (Fsp3) is 0.462. The maximum absolute atomic E-state index is 14.0.